The minimum absolute atomic E-state index is 0. The van der Waals surface area contributed by atoms with Gasteiger partial charge in [0.15, 0.2) is 0 Å². The summed E-state index contributed by atoms with van der Waals surface area (Å²) in [6, 6.07) is 8.08. The average molecular weight is 340 g/mol. The maximum Gasteiger partial charge on any atom is 0.238 e. The molecule has 0 bridgehead atoms. The van der Waals surface area contributed by atoms with Crippen LogP contribution in [0, 0.1) is 5.92 Å². The summed E-state index contributed by atoms with van der Waals surface area (Å²) in [6.07, 6.45) is 2.44. The van der Waals surface area contributed by atoms with E-state index in [-0.39, 0.29) is 18.3 Å². The molecule has 0 saturated carbocycles. The molecular weight excluding hydrogens is 310 g/mol. The summed E-state index contributed by atoms with van der Waals surface area (Å²) in [5.74, 6) is 1.17. The monoisotopic (exact) mass is 339 g/mol. The van der Waals surface area contributed by atoms with Crippen LogP contribution in [0.2, 0.25) is 0 Å². The first kappa shape index (κ1) is 19.9. The summed E-state index contributed by atoms with van der Waals surface area (Å²) in [5.41, 5.74) is 2.15. The fourth-order valence-electron chi connectivity index (χ4n) is 3.26. The molecule has 1 saturated heterocycles. The number of benzene rings is 1. The van der Waals surface area contributed by atoms with E-state index in [4.69, 9.17) is 0 Å². The molecule has 2 N–H and O–H groups in total. The molecule has 2 rings (SSSR count). The van der Waals surface area contributed by atoms with Gasteiger partial charge in [-0.2, -0.15) is 0 Å². The van der Waals surface area contributed by atoms with Gasteiger partial charge in [0.2, 0.25) is 5.91 Å². The van der Waals surface area contributed by atoms with Gasteiger partial charge in [-0.3, -0.25) is 9.69 Å². The third-order valence-corrected chi connectivity index (χ3v) is 4.32. The standard InChI is InChI=1S/C18H29N3O.ClH/c1-14(2)16-8-4-5-9-17(16)20-18(22)13-21-10-6-7-15(12-21)11-19-3;/h4-5,8-9,14-15,19H,6-7,10-13H2,1-3H3,(H,20,22);1H. The average Bonchev–Trinajstić information content (AvgIpc) is 2.48. The van der Waals surface area contributed by atoms with Crippen molar-refractivity contribution in [1.29, 1.82) is 0 Å². The molecule has 4 nitrogen and oxygen atoms in total. The fourth-order valence-corrected chi connectivity index (χ4v) is 3.26. The second-order valence-corrected chi connectivity index (χ2v) is 6.59. The predicted molar refractivity (Wildman–Crippen MR) is 99.5 cm³/mol. The Hall–Kier alpha value is -1.10. The molecule has 0 spiro atoms. The van der Waals surface area contributed by atoms with E-state index >= 15 is 0 Å². The number of nitrogens with zero attached hydrogens (tertiary/aromatic N) is 1. The van der Waals surface area contributed by atoms with Crippen LogP contribution in [0.1, 0.15) is 38.2 Å². The van der Waals surface area contributed by atoms with Crippen LogP contribution in [0.3, 0.4) is 0 Å². The Kier molecular flexibility index (Phi) is 8.59. The van der Waals surface area contributed by atoms with Crippen molar-refractivity contribution in [1.82, 2.24) is 10.2 Å². The van der Waals surface area contributed by atoms with Gasteiger partial charge in [0.05, 0.1) is 6.54 Å². The molecule has 1 heterocycles. The summed E-state index contributed by atoms with van der Waals surface area (Å²) in [5, 5.41) is 6.33. The number of likely N-dealkylation sites (tertiary alicyclic amines) is 1. The zero-order chi connectivity index (χ0) is 15.9. The first-order valence-corrected chi connectivity index (χ1v) is 8.36. The van der Waals surface area contributed by atoms with Crippen molar-refractivity contribution in [2.45, 2.75) is 32.6 Å². The van der Waals surface area contributed by atoms with Crippen LogP contribution in [-0.2, 0) is 4.79 Å². The number of hydrogen-bond acceptors (Lipinski definition) is 3. The highest BCUT2D eigenvalue weighted by molar-refractivity contribution is 5.93. The van der Waals surface area contributed by atoms with Crippen LogP contribution in [0.15, 0.2) is 24.3 Å². The first-order chi connectivity index (χ1) is 10.6. The summed E-state index contributed by atoms with van der Waals surface area (Å²) in [4.78, 5) is 14.6. The molecule has 0 aliphatic carbocycles. The van der Waals surface area contributed by atoms with Crippen molar-refractivity contribution in [2.75, 3.05) is 38.5 Å². The van der Waals surface area contributed by atoms with Crippen molar-refractivity contribution in [3.8, 4) is 0 Å². The summed E-state index contributed by atoms with van der Waals surface area (Å²) in [7, 11) is 1.99. The van der Waals surface area contributed by atoms with Crippen LogP contribution >= 0.6 is 12.4 Å². The van der Waals surface area contributed by atoms with E-state index in [1.165, 1.54) is 18.4 Å². The normalized spacial score (nSPS) is 18.5. The molecule has 0 radical (unpaired) electrons. The number of amides is 1. The molecule has 1 atom stereocenters. The van der Waals surface area contributed by atoms with Crippen LogP contribution in [0.25, 0.3) is 0 Å². The third-order valence-electron chi connectivity index (χ3n) is 4.32. The molecule has 1 amide bonds. The maximum absolute atomic E-state index is 12.4. The van der Waals surface area contributed by atoms with Gasteiger partial charge in [0.1, 0.15) is 0 Å². The van der Waals surface area contributed by atoms with Gasteiger partial charge in [-0.1, -0.05) is 32.0 Å². The van der Waals surface area contributed by atoms with Crippen molar-refractivity contribution in [3.63, 3.8) is 0 Å². The SMILES string of the molecule is CNCC1CCCN(CC(=O)Nc2ccccc2C(C)C)C1.Cl. The van der Waals surface area contributed by atoms with Crippen LogP contribution in [-0.4, -0.2) is 44.0 Å². The molecule has 130 valence electrons. The number of para-hydroxylation sites is 1. The van der Waals surface area contributed by atoms with E-state index in [0.717, 1.165) is 25.3 Å². The van der Waals surface area contributed by atoms with Crippen molar-refractivity contribution < 1.29 is 4.79 Å². The van der Waals surface area contributed by atoms with Gasteiger partial charge in [-0.05, 0) is 56.4 Å². The minimum atomic E-state index is 0. The molecule has 1 aromatic carbocycles. The highest BCUT2D eigenvalue weighted by atomic mass is 35.5. The fraction of sp³-hybridized carbons (Fsp3) is 0.611. The molecule has 1 aromatic rings. The lowest BCUT2D eigenvalue weighted by Gasteiger charge is -2.32. The Morgan fingerprint density at radius 3 is 2.78 bits per heavy atom. The van der Waals surface area contributed by atoms with E-state index in [9.17, 15) is 4.79 Å². The Morgan fingerprint density at radius 1 is 1.35 bits per heavy atom. The highest BCUT2D eigenvalue weighted by Crippen LogP contribution is 2.23. The second-order valence-electron chi connectivity index (χ2n) is 6.59. The third kappa shape index (κ3) is 6.13. The Morgan fingerprint density at radius 2 is 2.09 bits per heavy atom. The predicted octanol–water partition coefficient (Wildman–Crippen LogP) is 3.10. The minimum Gasteiger partial charge on any atom is -0.325 e. The molecule has 5 heteroatoms. The number of carbonyl (C=O) groups is 1. The van der Waals surface area contributed by atoms with Crippen LogP contribution in [0.5, 0.6) is 0 Å². The van der Waals surface area contributed by atoms with Crippen molar-refractivity contribution in [3.05, 3.63) is 29.8 Å². The van der Waals surface area contributed by atoms with Gasteiger partial charge in [-0.15, -0.1) is 12.4 Å². The number of carbonyl (C=O) groups excluding carboxylic acids is 1. The summed E-state index contributed by atoms with van der Waals surface area (Å²) < 4.78 is 0. The van der Waals surface area contributed by atoms with E-state index in [1.807, 2.05) is 25.2 Å². The zero-order valence-corrected chi connectivity index (χ0v) is 15.3. The first-order valence-electron chi connectivity index (χ1n) is 8.36. The van der Waals surface area contributed by atoms with Crippen LogP contribution < -0.4 is 10.6 Å². The van der Waals surface area contributed by atoms with Crippen molar-refractivity contribution >= 4 is 24.0 Å². The quantitative estimate of drug-likeness (QED) is 0.837. The second kappa shape index (κ2) is 9.91. The summed E-state index contributed by atoms with van der Waals surface area (Å²) >= 11 is 0. The lowest BCUT2D eigenvalue weighted by atomic mass is 9.98. The largest absolute Gasteiger partial charge is 0.325 e. The molecule has 1 unspecified atom stereocenters. The summed E-state index contributed by atoms with van der Waals surface area (Å²) in [6.45, 7) is 7.87. The zero-order valence-electron chi connectivity index (χ0n) is 14.5. The molecule has 0 aromatic heterocycles. The van der Waals surface area contributed by atoms with Crippen LogP contribution in [0.4, 0.5) is 5.69 Å². The number of nitrogens with one attached hydrogen (secondary N) is 2. The molecule has 1 fully saturated rings. The number of hydrogen-bond donors (Lipinski definition) is 2. The topological polar surface area (TPSA) is 44.4 Å². The lowest BCUT2D eigenvalue weighted by molar-refractivity contribution is -0.117. The Bertz CT molecular complexity index is 491. The van der Waals surface area contributed by atoms with E-state index in [2.05, 4.69) is 35.4 Å². The van der Waals surface area contributed by atoms with E-state index in [0.29, 0.717) is 18.4 Å². The van der Waals surface area contributed by atoms with Gasteiger partial charge >= 0.3 is 0 Å². The van der Waals surface area contributed by atoms with E-state index < -0.39 is 0 Å². The molecule has 1 aliphatic heterocycles. The van der Waals surface area contributed by atoms with Gasteiger partial charge in [-0.25, -0.2) is 0 Å². The maximum atomic E-state index is 12.4. The number of piperidine rings is 1. The molecular formula is C18H30ClN3O. The van der Waals surface area contributed by atoms with Gasteiger partial charge in [0, 0.05) is 12.2 Å². The number of halogens is 1. The smallest absolute Gasteiger partial charge is 0.238 e. The van der Waals surface area contributed by atoms with E-state index in [1.54, 1.807) is 0 Å². The number of anilines is 1. The van der Waals surface area contributed by atoms with Crippen molar-refractivity contribution in [2.24, 2.45) is 5.92 Å². The lowest BCUT2D eigenvalue weighted by Crippen LogP contribution is -2.42. The van der Waals surface area contributed by atoms with Gasteiger partial charge < -0.3 is 10.6 Å². The Balaban J connectivity index is 0.00000264. The Labute approximate surface area is 146 Å². The molecule has 1 aliphatic rings. The molecule has 23 heavy (non-hydrogen) atoms. The number of rotatable bonds is 6. The highest BCUT2D eigenvalue weighted by Gasteiger charge is 2.21. The van der Waals surface area contributed by atoms with Gasteiger partial charge in [0.25, 0.3) is 0 Å².